The molecule has 2 N–H and O–H groups in total. The zero-order valence-corrected chi connectivity index (χ0v) is 15.4. The highest BCUT2D eigenvalue weighted by atomic mass is 35.5. The van der Waals surface area contributed by atoms with Crippen LogP contribution in [-0.2, 0) is 6.42 Å². The number of H-pyrrole nitrogens is 1. The maximum absolute atomic E-state index is 12.8. The number of pyridine rings is 1. The van der Waals surface area contributed by atoms with E-state index < -0.39 is 0 Å². The number of carbonyl (C=O) groups excluding carboxylic acids is 2. The molecule has 1 aromatic rings. The number of aromatic amines is 1. The van der Waals surface area contributed by atoms with Crippen LogP contribution in [0.3, 0.4) is 0 Å². The molecule has 0 spiro atoms. The van der Waals surface area contributed by atoms with Crippen molar-refractivity contribution in [3.05, 3.63) is 33.2 Å². The molecule has 25 heavy (non-hydrogen) atoms. The minimum absolute atomic E-state index is 0. The van der Waals surface area contributed by atoms with Crippen molar-refractivity contribution >= 4 is 24.1 Å². The van der Waals surface area contributed by atoms with Gasteiger partial charge in [-0.15, -0.1) is 12.4 Å². The molecule has 4 rings (SSSR count). The third-order valence-electron chi connectivity index (χ3n) is 5.62. The number of carbonyl (C=O) groups is 2. The maximum atomic E-state index is 12.8. The summed E-state index contributed by atoms with van der Waals surface area (Å²) in [6, 6.07) is 1.53. The minimum atomic E-state index is -0.376. The van der Waals surface area contributed by atoms with Crippen LogP contribution in [0.15, 0.2) is 10.9 Å². The lowest BCUT2D eigenvalue weighted by Gasteiger charge is -2.30. The van der Waals surface area contributed by atoms with Gasteiger partial charge in [-0.2, -0.15) is 0 Å². The molecule has 0 radical (unpaired) electrons. The van der Waals surface area contributed by atoms with Gasteiger partial charge in [-0.25, -0.2) is 0 Å². The summed E-state index contributed by atoms with van der Waals surface area (Å²) in [4.78, 5) is 42.2. The Morgan fingerprint density at radius 2 is 1.80 bits per heavy atom. The number of halogens is 1. The average Bonchev–Trinajstić information content (AvgIpc) is 3.05. The first-order valence-corrected chi connectivity index (χ1v) is 8.63. The molecule has 6 nitrogen and oxygen atoms in total. The molecule has 1 aromatic heterocycles. The Labute approximate surface area is 152 Å². The van der Waals surface area contributed by atoms with E-state index in [1.807, 2.05) is 13.8 Å². The van der Waals surface area contributed by atoms with Crippen molar-refractivity contribution in [2.45, 2.75) is 26.7 Å². The Morgan fingerprint density at radius 1 is 1.16 bits per heavy atom. The zero-order chi connectivity index (χ0) is 17.1. The standard InChI is InChI=1S/C18H23N3O3.ClH/c1-18(2)4-14-12(15(22)5-18)3-13(16(23)20-14)17(24)21-8-10-6-19-7-11(10)9-21;/h3,10-11,19H,4-9H2,1-2H3,(H,20,23);1H/t10-,11+;. The first-order valence-electron chi connectivity index (χ1n) is 8.63. The van der Waals surface area contributed by atoms with Crippen LogP contribution < -0.4 is 10.9 Å². The Kier molecular flexibility index (Phi) is 4.54. The van der Waals surface area contributed by atoms with Crippen LogP contribution in [0.4, 0.5) is 0 Å². The number of ketones is 1. The summed E-state index contributed by atoms with van der Waals surface area (Å²) in [5, 5.41) is 3.34. The molecule has 2 saturated heterocycles. The third-order valence-corrected chi connectivity index (χ3v) is 5.62. The normalized spacial score (nSPS) is 26.8. The number of nitrogens with one attached hydrogen (secondary N) is 2. The van der Waals surface area contributed by atoms with Crippen molar-refractivity contribution in [1.82, 2.24) is 15.2 Å². The number of likely N-dealkylation sites (tertiary alicyclic amines) is 1. The predicted molar refractivity (Wildman–Crippen MR) is 96.5 cm³/mol. The lowest BCUT2D eigenvalue weighted by molar-refractivity contribution is 0.0780. The van der Waals surface area contributed by atoms with Crippen molar-refractivity contribution in [2.75, 3.05) is 26.2 Å². The van der Waals surface area contributed by atoms with Crippen molar-refractivity contribution < 1.29 is 9.59 Å². The second-order valence-corrected chi connectivity index (χ2v) is 8.23. The molecular formula is C18H24ClN3O3. The van der Waals surface area contributed by atoms with E-state index in [1.54, 1.807) is 4.90 Å². The van der Waals surface area contributed by atoms with Crippen molar-refractivity contribution in [3.8, 4) is 0 Å². The fourth-order valence-electron chi connectivity index (χ4n) is 4.38. The van der Waals surface area contributed by atoms with E-state index in [2.05, 4.69) is 10.3 Å². The van der Waals surface area contributed by atoms with Gasteiger partial charge in [0.15, 0.2) is 5.78 Å². The summed E-state index contributed by atoms with van der Waals surface area (Å²) in [5.74, 6) is 0.723. The molecule has 0 unspecified atom stereocenters. The van der Waals surface area contributed by atoms with Gasteiger partial charge < -0.3 is 15.2 Å². The molecule has 0 aromatic carbocycles. The summed E-state index contributed by atoms with van der Waals surface area (Å²) in [7, 11) is 0. The highest BCUT2D eigenvalue weighted by molar-refractivity contribution is 6.02. The van der Waals surface area contributed by atoms with E-state index in [9.17, 15) is 14.4 Å². The molecule has 2 fully saturated rings. The maximum Gasteiger partial charge on any atom is 0.261 e. The van der Waals surface area contributed by atoms with Gasteiger partial charge in [-0.05, 0) is 29.7 Å². The SMILES string of the molecule is CC1(C)CC(=O)c2cc(C(=O)N3C[C@H]4CNC[C@H]4C3)c(=O)[nH]c2C1.Cl. The van der Waals surface area contributed by atoms with Crippen LogP contribution in [-0.4, -0.2) is 47.8 Å². The lowest BCUT2D eigenvalue weighted by atomic mass is 9.75. The monoisotopic (exact) mass is 365 g/mol. The van der Waals surface area contributed by atoms with Crippen LogP contribution in [0.1, 0.15) is 46.7 Å². The largest absolute Gasteiger partial charge is 0.338 e. The number of amides is 1. The van der Waals surface area contributed by atoms with Crippen molar-refractivity contribution in [3.63, 3.8) is 0 Å². The number of rotatable bonds is 1. The fraction of sp³-hybridized carbons (Fsp3) is 0.611. The minimum Gasteiger partial charge on any atom is -0.338 e. The van der Waals surface area contributed by atoms with E-state index in [-0.39, 0.29) is 40.6 Å². The summed E-state index contributed by atoms with van der Waals surface area (Å²) in [6.07, 6.45) is 1.09. The summed E-state index contributed by atoms with van der Waals surface area (Å²) in [6.45, 7) is 7.28. The summed E-state index contributed by atoms with van der Waals surface area (Å²) in [5.41, 5.74) is 0.755. The molecule has 1 aliphatic carbocycles. The molecule has 1 amide bonds. The molecule has 3 heterocycles. The van der Waals surface area contributed by atoms with Crippen LogP contribution >= 0.6 is 12.4 Å². The molecule has 0 bridgehead atoms. The Morgan fingerprint density at radius 3 is 2.44 bits per heavy atom. The van der Waals surface area contributed by atoms with E-state index in [4.69, 9.17) is 0 Å². The van der Waals surface area contributed by atoms with Gasteiger partial charge in [0.1, 0.15) is 5.56 Å². The lowest BCUT2D eigenvalue weighted by Crippen LogP contribution is -2.37. The third kappa shape index (κ3) is 3.13. The molecule has 0 saturated carbocycles. The van der Waals surface area contributed by atoms with Gasteiger partial charge >= 0.3 is 0 Å². The zero-order valence-electron chi connectivity index (χ0n) is 14.6. The van der Waals surface area contributed by atoms with Gasteiger partial charge in [-0.3, -0.25) is 14.4 Å². The molecular weight excluding hydrogens is 342 g/mol. The summed E-state index contributed by atoms with van der Waals surface area (Å²) >= 11 is 0. The predicted octanol–water partition coefficient (Wildman–Crippen LogP) is 1.24. The average molecular weight is 366 g/mol. The topological polar surface area (TPSA) is 82.3 Å². The highest BCUT2D eigenvalue weighted by Gasteiger charge is 2.39. The van der Waals surface area contributed by atoms with E-state index in [1.165, 1.54) is 6.07 Å². The van der Waals surface area contributed by atoms with Crippen molar-refractivity contribution in [2.24, 2.45) is 17.3 Å². The quantitative estimate of drug-likeness (QED) is 0.784. The van der Waals surface area contributed by atoms with Crippen LogP contribution in [0.2, 0.25) is 0 Å². The van der Waals surface area contributed by atoms with Crippen molar-refractivity contribution in [1.29, 1.82) is 0 Å². The van der Waals surface area contributed by atoms with Gasteiger partial charge in [0.25, 0.3) is 11.5 Å². The fourth-order valence-corrected chi connectivity index (χ4v) is 4.38. The van der Waals surface area contributed by atoms with Crippen LogP contribution in [0.25, 0.3) is 0 Å². The number of hydrogen-bond acceptors (Lipinski definition) is 4. The van der Waals surface area contributed by atoms with Gasteiger partial charge in [0.2, 0.25) is 0 Å². The van der Waals surface area contributed by atoms with Gasteiger partial charge in [-0.1, -0.05) is 13.8 Å². The van der Waals surface area contributed by atoms with Crippen LogP contribution in [0, 0.1) is 17.3 Å². The Bertz CT molecular complexity index is 774. The first kappa shape index (κ1) is 18.1. The number of Topliss-reactive ketones (excluding diaryl/α,β-unsaturated/α-hetero) is 1. The van der Waals surface area contributed by atoms with Crippen LogP contribution in [0.5, 0.6) is 0 Å². The molecule has 136 valence electrons. The Balaban J connectivity index is 0.00000182. The summed E-state index contributed by atoms with van der Waals surface area (Å²) < 4.78 is 0. The second kappa shape index (κ2) is 6.25. The van der Waals surface area contributed by atoms with E-state index in [0.29, 0.717) is 49.0 Å². The molecule has 7 heteroatoms. The molecule has 3 aliphatic rings. The highest BCUT2D eigenvalue weighted by Crippen LogP contribution is 2.34. The number of aromatic nitrogens is 1. The molecule has 2 atom stereocenters. The number of fused-ring (bicyclic) bond motifs is 2. The second-order valence-electron chi connectivity index (χ2n) is 8.23. The smallest absolute Gasteiger partial charge is 0.261 e. The number of hydrogen-bond donors (Lipinski definition) is 2. The van der Waals surface area contributed by atoms with E-state index in [0.717, 1.165) is 13.1 Å². The van der Waals surface area contributed by atoms with Gasteiger partial charge in [0, 0.05) is 43.9 Å². The van der Waals surface area contributed by atoms with Gasteiger partial charge in [0.05, 0.1) is 0 Å². The van der Waals surface area contributed by atoms with E-state index >= 15 is 0 Å². The molecule has 2 aliphatic heterocycles. The number of nitrogens with zero attached hydrogens (tertiary/aromatic N) is 1. The Hall–Kier alpha value is -1.66. The first-order chi connectivity index (χ1) is 11.3.